The maximum atomic E-state index is 4.49. The van der Waals surface area contributed by atoms with Crippen LogP contribution in [0.2, 0.25) is 0 Å². The normalized spacial score (nSPS) is 17.7. The molecule has 0 unspecified atom stereocenters. The molecule has 0 aromatic heterocycles. The molecular weight excluding hydrogens is 353 g/mol. The SMILES string of the molecule is CC(C)P(CC=CC1CCCCC1)C(C)C.[Cl][Pd]. The number of halogens is 1. The van der Waals surface area contributed by atoms with Gasteiger partial charge in [0.1, 0.15) is 0 Å². The van der Waals surface area contributed by atoms with Gasteiger partial charge in [-0.15, -0.1) is 0 Å². The topological polar surface area (TPSA) is 0 Å². The molecule has 0 bridgehead atoms. The number of hydrogen-bond donors (Lipinski definition) is 0. The van der Waals surface area contributed by atoms with Gasteiger partial charge in [0.15, 0.2) is 0 Å². The fourth-order valence-electron chi connectivity index (χ4n) is 2.72. The average molecular weight is 382 g/mol. The second-order valence-corrected chi connectivity index (χ2v) is 9.17. The van der Waals surface area contributed by atoms with Crippen molar-refractivity contribution >= 4 is 17.5 Å². The molecular formula is C15H29ClPPd. The molecule has 1 rings (SSSR count). The Bertz CT molecular complexity index is 203. The zero-order valence-electron chi connectivity index (χ0n) is 12.3. The van der Waals surface area contributed by atoms with E-state index in [0.717, 1.165) is 17.2 Å². The molecule has 0 amide bonds. The van der Waals surface area contributed by atoms with E-state index in [2.05, 4.69) is 67.6 Å². The van der Waals surface area contributed by atoms with Crippen molar-refractivity contribution in [1.82, 2.24) is 0 Å². The Balaban J connectivity index is 0.00000137. The summed E-state index contributed by atoms with van der Waals surface area (Å²) in [6.07, 6.45) is 13.6. The van der Waals surface area contributed by atoms with Crippen molar-refractivity contribution in [3.05, 3.63) is 12.2 Å². The molecule has 18 heavy (non-hydrogen) atoms. The molecule has 0 aromatic rings. The van der Waals surface area contributed by atoms with Crippen LogP contribution in [0.3, 0.4) is 0 Å². The minimum atomic E-state index is 0.208. The molecule has 0 heterocycles. The fourth-order valence-corrected chi connectivity index (χ4v) is 5.12. The van der Waals surface area contributed by atoms with Crippen molar-refractivity contribution < 1.29 is 18.2 Å². The summed E-state index contributed by atoms with van der Waals surface area (Å²) < 4.78 is 0. The van der Waals surface area contributed by atoms with Crippen molar-refractivity contribution in [2.75, 3.05) is 6.16 Å². The van der Waals surface area contributed by atoms with Gasteiger partial charge in [-0.3, -0.25) is 0 Å². The number of hydrogen-bond acceptors (Lipinski definition) is 0. The number of rotatable bonds is 5. The molecule has 0 radical (unpaired) electrons. The first-order chi connectivity index (χ1) is 8.61. The summed E-state index contributed by atoms with van der Waals surface area (Å²) >= 11 is 2.22. The third kappa shape index (κ3) is 8.32. The van der Waals surface area contributed by atoms with Gasteiger partial charge in [-0.05, 0) is 36.2 Å². The summed E-state index contributed by atoms with van der Waals surface area (Å²) in [5.74, 6) is 0.907. The monoisotopic (exact) mass is 381 g/mol. The van der Waals surface area contributed by atoms with Gasteiger partial charge in [0.2, 0.25) is 0 Å². The molecule has 0 spiro atoms. The van der Waals surface area contributed by atoms with E-state index < -0.39 is 0 Å². The maximum absolute atomic E-state index is 4.49. The van der Waals surface area contributed by atoms with Crippen LogP contribution in [0.4, 0.5) is 0 Å². The van der Waals surface area contributed by atoms with Gasteiger partial charge >= 0.3 is 27.7 Å². The van der Waals surface area contributed by atoms with Crippen LogP contribution in [-0.2, 0) is 18.2 Å². The molecule has 0 nitrogen and oxygen atoms in total. The summed E-state index contributed by atoms with van der Waals surface area (Å²) in [4.78, 5) is 0. The standard InChI is InChI=1S/C15H29P.ClH.Pd/c1-13(2)16(14(3)4)12-8-11-15-9-6-5-7-10-15;;/h8,11,13-15H,5-7,9-10,12H2,1-4H3;1H;/q;;+1/p-1. The van der Waals surface area contributed by atoms with Gasteiger partial charge in [0.05, 0.1) is 0 Å². The first-order valence-corrected chi connectivity index (χ1v) is 10.8. The quantitative estimate of drug-likeness (QED) is 0.306. The Morgan fingerprint density at radius 2 is 1.56 bits per heavy atom. The fraction of sp³-hybridized carbons (Fsp3) is 0.867. The van der Waals surface area contributed by atoms with Crippen molar-refractivity contribution in [3.8, 4) is 0 Å². The van der Waals surface area contributed by atoms with Crippen molar-refractivity contribution in [1.29, 1.82) is 0 Å². The molecule has 111 valence electrons. The third-order valence-corrected chi connectivity index (χ3v) is 6.99. The second-order valence-electron chi connectivity index (χ2n) is 5.71. The minimum absolute atomic E-state index is 0.208. The van der Waals surface area contributed by atoms with E-state index in [-0.39, 0.29) is 7.92 Å². The van der Waals surface area contributed by atoms with Crippen LogP contribution in [-0.4, -0.2) is 17.5 Å². The Hall–Kier alpha value is 1.12. The van der Waals surface area contributed by atoms with Crippen molar-refractivity contribution in [2.45, 2.75) is 71.1 Å². The van der Waals surface area contributed by atoms with Crippen molar-refractivity contribution in [2.24, 2.45) is 5.92 Å². The van der Waals surface area contributed by atoms with E-state index >= 15 is 0 Å². The van der Waals surface area contributed by atoms with E-state index in [9.17, 15) is 0 Å². The molecule has 0 aromatic carbocycles. The predicted molar refractivity (Wildman–Crippen MR) is 83.6 cm³/mol. The molecule has 1 aliphatic carbocycles. The second kappa shape index (κ2) is 11.9. The summed E-state index contributed by atoms with van der Waals surface area (Å²) in [5, 5.41) is 0. The first kappa shape index (κ1) is 19.1. The van der Waals surface area contributed by atoms with Crippen LogP contribution in [0.25, 0.3) is 0 Å². The molecule has 0 atom stereocenters. The number of allylic oxidation sites excluding steroid dienone is 2. The van der Waals surface area contributed by atoms with Gasteiger partial charge in [-0.25, -0.2) is 0 Å². The Morgan fingerprint density at radius 3 is 2.00 bits per heavy atom. The molecule has 0 saturated heterocycles. The van der Waals surface area contributed by atoms with E-state index in [0.29, 0.717) is 0 Å². The van der Waals surface area contributed by atoms with Gasteiger partial charge in [0.25, 0.3) is 0 Å². The average Bonchev–Trinajstić information content (AvgIpc) is 2.37. The summed E-state index contributed by atoms with van der Waals surface area (Å²) in [7, 11) is 4.70. The zero-order chi connectivity index (χ0) is 14.0. The van der Waals surface area contributed by atoms with Gasteiger partial charge in [0, 0.05) is 0 Å². The van der Waals surface area contributed by atoms with E-state index in [1.807, 2.05) is 0 Å². The molecule has 0 aliphatic heterocycles. The van der Waals surface area contributed by atoms with Crippen LogP contribution in [0.15, 0.2) is 12.2 Å². The van der Waals surface area contributed by atoms with Crippen LogP contribution in [0, 0.1) is 5.92 Å². The van der Waals surface area contributed by atoms with Gasteiger partial charge in [-0.1, -0.05) is 67.0 Å². The molecule has 3 heteroatoms. The van der Waals surface area contributed by atoms with Crippen LogP contribution in [0.5, 0.6) is 0 Å². The molecule has 0 N–H and O–H groups in total. The van der Waals surface area contributed by atoms with Crippen LogP contribution >= 0.6 is 17.5 Å². The van der Waals surface area contributed by atoms with Crippen LogP contribution in [0.1, 0.15) is 59.8 Å². The predicted octanol–water partition coefficient (Wildman–Crippen LogP) is 6.11. The zero-order valence-corrected chi connectivity index (χ0v) is 15.5. The van der Waals surface area contributed by atoms with E-state index in [4.69, 9.17) is 0 Å². The van der Waals surface area contributed by atoms with Crippen molar-refractivity contribution in [3.63, 3.8) is 0 Å². The summed E-state index contributed by atoms with van der Waals surface area (Å²) in [6, 6.07) is 0. The van der Waals surface area contributed by atoms with E-state index in [1.54, 1.807) is 0 Å². The first-order valence-electron chi connectivity index (χ1n) is 7.15. The molecule has 1 fully saturated rings. The molecule has 1 aliphatic rings. The summed E-state index contributed by atoms with van der Waals surface area (Å²) in [6.45, 7) is 9.56. The van der Waals surface area contributed by atoms with E-state index in [1.165, 1.54) is 38.3 Å². The van der Waals surface area contributed by atoms with Gasteiger partial charge in [-0.2, -0.15) is 0 Å². The Kier molecular flexibility index (Phi) is 12.7. The third-order valence-electron chi connectivity index (χ3n) is 3.70. The summed E-state index contributed by atoms with van der Waals surface area (Å²) in [5.41, 5.74) is 1.76. The molecule has 1 saturated carbocycles. The Morgan fingerprint density at radius 1 is 1.06 bits per heavy atom. The van der Waals surface area contributed by atoms with Gasteiger partial charge < -0.3 is 0 Å². The van der Waals surface area contributed by atoms with Crippen LogP contribution < -0.4 is 0 Å². The Labute approximate surface area is 130 Å².